The Balaban J connectivity index is 1.63. The van der Waals surface area contributed by atoms with Gasteiger partial charge in [-0.2, -0.15) is 0 Å². The van der Waals surface area contributed by atoms with E-state index >= 15 is 0 Å². The number of carboxylic acid groups (broad SMARTS) is 1. The highest BCUT2D eigenvalue weighted by atomic mass is 16.4. The number of rotatable bonds is 6. The van der Waals surface area contributed by atoms with Crippen LogP contribution in [0.25, 0.3) is 0 Å². The Morgan fingerprint density at radius 2 is 2.08 bits per heavy atom. The molecule has 2 aliphatic heterocycles. The first kappa shape index (κ1) is 18.4. The van der Waals surface area contributed by atoms with Crippen molar-refractivity contribution in [2.75, 3.05) is 46.3 Å². The van der Waals surface area contributed by atoms with Gasteiger partial charge in [-0.3, -0.25) is 14.6 Å². The molecule has 2 aliphatic rings. The van der Waals surface area contributed by atoms with E-state index in [0.717, 1.165) is 70.0 Å². The molecule has 7 heteroatoms. The second-order valence-electron chi connectivity index (χ2n) is 7.60. The fourth-order valence-electron chi connectivity index (χ4n) is 4.22. The zero-order valence-electron chi connectivity index (χ0n) is 15.4. The zero-order valence-corrected chi connectivity index (χ0v) is 15.4. The Morgan fingerprint density at radius 1 is 1.32 bits per heavy atom. The molecule has 0 spiro atoms. The molecule has 0 aliphatic carbocycles. The third kappa shape index (κ3) is 4.80. The molecule has 2 fully saturated rings. The lowest BCUT2D eigenvalue weighted by molar-refractivity contribution is -0.137. The Kier molecular flexibility index (Phi) is 6.09. The maximum absolute atomic E-state index is 11.1. The molecule has 140 valence electrons. The van der Waals surface area contributed by atoms with Crippen molar-refractivity contribution >= 4 is 5.97 Å². The quantitative estimate of drug-likeness (QED) is 0.799. The van der Waals surface area contributed by atoms with E-state index < -0.39 is 5.97 Å². The SMILES string of the molecule is Cc1[nH]cnc1CN1CC[C@H](N2CCN(C)CC2)[C@H](CCC(=O)O)C1. The van der Waals surface area contributed by atoms with Crippen LogP contribution in [0.5, 0.6) is 0 Å². The summed E-state index contributed by atoms with van der Waals surface area (Å²) in [5, 5.41) is 9.14. The smallest absolute Gasteiger partial charge is 0.303 e. The summed E-state index contributed by atoms with van der Waals surface area (Å²) in [6, 6.07) is 0.518. The summed E-state index contributed by atoms with van der Waals surface area (Å²) < 4.78 is 0. The first-order chi connectivity index (χ1) is 12.0. The van der Waals surface area contributed by atoms with Crippen molar-refractivity contribution in [2.45, 2.75) is 38.8 Å². The number of hydrogen-bond acceptors (Lipinski definition) is 5. The number of H-pyrrole nitrogens is 1. The fourth-order valence-corrected chi connectivity index (χ4v) is 4.22. The first-order valence-corrected chi connectivity index (χ1v) is 9.38. The molecule has 7 nitrogen and oxygen atoms in total. The summed E-state index contributed by atoms with van der Waals surface area (Å²) in [6.45, 7) is 9.36. The van der Waals surface area contributed by atoms with E-state index in [1.165, 1.54) is 0 Å². The number of nitrogens with one attached hydrogen (secondary N) is 1. The van der Waals surface area contributed by atoms with E-state index in [9.17, 15) is 4.79 Å². The standard InChI is InChI=1S/C18H31N5O2/c1-14-16(20-13-19-14)12-22-6-5-17(15(11-22)3-4-18(24)25)23-9-7-21(2)8-10-23/h13,15,17H,3-12H2,1-2H3,(H,19,20)(H,24,25)/t15-,17+/m1/s1. The minimum Gasteiger partial charge on any atom is -0.481 e. The second kappa shape index (κ2) is 8.29. The lowest BCUT2D eigenvalue weighted by atomic mass is 9.86. The molecule has 0 unspecified atom stereocenters. The number of hydrogen-bond donors (Lipinski definition) is 2. The van der Waals surface area contributed by atoms with E-state index in [0.29, 0.717) is 12.0 Å². The van der Waals surface area contributed by atoms with Gasteiger partial charge in [0.1, 0.15) is 0 Å². The highest BCUT2D eigenvalue weighted by molar-refractivity contribution is 5.66. The number of imidazole rings is 1. The summed E-state index contributed by atoms with van der Waals surface area (Å²) in [7, 11) is 2.17. The number of likely N-dealkylation sites (N-methyl/N-ethyl adjacent to an activating group) is 1. The lowest BCUT2D eigenvalue weighted by Crippen LogP contribution is -2.56. The van der Waals surface area contributed by atoms with Crippen LogP contribution < -0.4 is 0 Å². The predicted molar refractivity (Wildman–Crippen MR) is 96.4 cm³/mol. The normalized spacial score (nSPS) is 26.8. The van der Waals surface area contributed by atoms with Gasteiger partial charge in [0, 0.05) is 64.0 Å². The zero-order chi connectivity index (χ0) is 17.8. The molecule has 0 bridgehead atoms. The topological polar surface area (TPSA) is 75.7 Å². The van der Waals surface area contributed by atoms with Crippen LogP contribution in [-0.2, 0) is 11.3 Å². The van der Waals surface area contributed by atoms with E-state index in [1.54, 1.807) is 6.33 Å². The van der Waals surface area contributed by atoms with E-state index in [1.807, 2.05) is 0 Å². The van der Waals surface area contributed by atoms with Crippen molar-refractivity contribution in [2.24, 2.45) is 5.92 Å². The Morgan fingerprint density at radius 3 is 2.72 bits per heavy atom. The second-order valence-corrected chi connectivity index (χ2v) is 7.60. The molecule has 3 rings (SSSR count). The van der Waals surface area contributed by atoms with Crippen molar-refractivity contribution in [3.63, 3.8) is 0 Å². The van der Waals surface area contributed by atoms with Gasteiger partial charge in [0.15, 0.2) is 0 Å². The highest BCUT2D eigenvalue weighted by Crippen LogP contribution is 2.28. The molecule has 2 saturated heterocycles. The minimum atomic E-state index is -0.683. The Hall–Kier alpha value is -1.44. The number of aliphatic carboxylic acids is 1. The summed E-state index contributed by atoms with van der Waals surface area (Å²) in [5.41, 5.74) is 2.23. The van der Waals surface area contributed by atoms with Crippen molar-refractivity contribution in [1.82, 2.24) is 24.7 Å². The molecule has 0 radical (unpaired) electrons. The molecule has 2 atom stereocenters. The average molecular weight is 349 g/mol. The number of piperazine rings is 1. The summed E-state index contributed by atoms with van der Waals surface area (Å²) in [5.74, 6) is -0.259. The molecular weight excluding hydrogens is 318 g/mol. The average Bonchev–Trinajstić information content (AvgIpc) is 2.99. The molecule has 0 saturated carbocycles. The number of aromatic amines is 1. The number of carbonyl (C=O) groups is 1. The predicted octanol–water partition coefficient (Wildman–Crippen LogP) is 1.02. The van der Waals surface area contributed by atoms with Gasteiger partial charge in [0.05, 0.1) is 12.0 Å². The van der Waals surface area contributed by atoms with Crippen LogP contribution in [0, 0.1) is 12.8 Å². The fraction of sp³-hybridized carbons (Fsp3) is 0.778. The summed E-state index contributed by atoms with van der Waals surface area (Å²) >= 11 is 0. The summed E-state index contributed by atoms with van der Waals surface area (Å²) in [6.07, 6.45) is 3.91. The maximum atomic E-state index is 11.1. The van der Waals surface area contributed by atoms with Crippen LogP contribution >= 0.6 is 0 Å². The number of nitrogens with zero attached hydrogens (tertiary/aromatic N) is 4. The van der Waals surface area contributed by atoms with Crippen LogP contribution in [-0.4, -0.2) is 88.1 Å². The third-order valence-corrected chi connectivity index (χ3v) is 5.82. The molecule has 1 aromatic heterocycles. The lowest BCUT2D eigenvalue weighted by Gasteiger charge is -2.46. The number of piperidine rings is 1. The Labute approximate surface area is 150 Å². The monoisotopic (exact) mass is 349 g/mol. The number of carboxylic acids is 1. The van der Waals surface area contributed by atoms with Gasteiger partial charge in [-0.15, -0.1) is 0 Å². The van der Waals surface area contributed by atoms with Gasteiger partial charge >= 0.3 is 5.97 Å². The van der Waals surface area contributed by atoms with Crippen LogP contribution in [0.1, 0.15) is 30.7 Å². The molecule has 25 heavy (non-hydrogen) atoms. The minimum absolute atomic E-state index is 0.268. The van der Waals surface area contributed by atoms with Gasteiger partial charge in [-0.25, -0.2) is 4.98 Å². The van der Waals surface area contributed by atoms with E-state index in [4.69, 9.17) is 5.11 Å². The van der Waals surface area contributed by atoms with Crippen molar-refractivity contribution in [3.05, 3.63) is 17.7 Å². The van der Waals surface area contributed by atoms with Crippen molar-refractivity contribution in [1.29, 1.82) is 0 Å². The highest BCUT2D eigenvalue weighted by Gasteiger charge is 2.34. The largest absolute Gasteiger partial charge is 0.481 e. The Bertz CT molecular complexity index is 568. The van der Waals surface area contributed by atoms with Crippen molar-refractivity contribution in [3.8, 4) is 0 Å². The molecule has 1 aromatic rings. The molecule has 0 amide bonds. The van der Waals surface area contributed by atoms with Gasteiger partial charge < -0.3 is 15.0 Å². The van der Waals surface area contributed by atoms with Gasteiger partial charge in [0.25, 0.3) is 0 Å². The van der Waals surface area contributed by atoms with Gasteiger partial charge in [-0.1, -0.05) is 0 Å². The first-order valence-electron chi connectivity index (χ1n) is 9.38. The van der Waals surface area contributed by atoms with Crippen LogP contribution in [0.2, 0.25) is 0 Å². The molecule has 2 N–H and O–H groups in total. The third-order valence-electron chi connectivity index (χ3n) is 5.82. The van der Waals surface area contributed by atoms with Crippen molar-refractivity contribution < 1.29 is 9.90 Å². The molecular formula is C18H31N5O2. The summed E-state index contributed by atoms with van der Waals surface area (Å²) in [4.78, 5) is 26.1. The van der Waals surface area contributed by atoms with Crippen LogP contribution in [0.4, 0.5) is 0 Å². The molecule has 0 aromatic carbocycles. The van der Waals surface area contributed by atoms with Crippen LogP contribution in [0.3, 0.4) is 0 Å². The number of likely N-dealkylation sites (tertiary alicyclic amines) is 1. The van der Waals surface area contributed by atoms with E-state index in [-0.39, 0.29) is 6.42 Å². The van der Waals surface area contributed by atoms with Crippen LogP contribution in [0.15, 0.2) is 6.33 Å². The maximum Gasteiger partial charge on any atom is 0.303 e. The number of aromatic nitrogens is 2. The molecule has 3 heterocycles. The van der Waals surface area contributed by atoms with Gasteiger partial charge in [0.2, 0.25) is 0 Å². The van der Waals surface area contributed by atoms with E-state index in [2.05, 4.69) is 38.6 Å². The number of aryl methyl sites for hydroxylation is 1. The van der Waals surface area contributed by atoms with Gasteiger partial charge in [-0.05, 0) is 32.7 Å².